The van der Waals surface area contributed by atoms with Crippen LogP contribution in [0, 0.1) is 0 Å². The Bertz CT molecular complexity index is 1100. The second-order valence-corrected chi connectivity index (χ2v) is 8.37. The van der Waals surface area contributed by atoms with Crippen LogP contribution in [-0.4, -0.2) is 17.6 Å². The van der Waals surface area contributed by atoms with Crippen LogP contribution < -0.4 is 10.2 Å². The Balaban J connectivity index is 1.46. The highest BCUT2D eigenvalue weighted by molar-refractivity contribution is 8.00. The SMILES string of the molecule is O=C(Cc1ccccc1)Nc1ccc(C2SCC(=O)N2c2ccc(C(F)(F)F)cc2)cc1. The van der Waals surface area contributed by atoms with Crippen molar-refractivity contribution in [3.05, 3.63) is 95.6 Å². The van der Waals surface area contributed by atoms with Crippen LogP contribution in [0.1, 0.15) is 22.1 Å². The lowest BCUT2D eigenvalue weighted by Gasteiger charge is -2.25. The lowest BCUT2D eigenvalue weighted by molar-refractivity contribution is -0.137. The maximum atomic E-state index is 12.9. The molecule has 1 fully saturated rings. The molecule has 1 unspecified atom stereocenters. The first-order chi connectivity index (χ1) is 15.3. The van der Waals surface area contributed by atoms with Gasteiger partial charge in [0.1, 0.15) is 5.37 Å². The van der Waals surface area contributed by atoms with Crippen molar-refractivity contribution in [2.75, 3.05) is 16.0 Å². The number of amides is 2. The molecule has 0 spiro atoms. The zero-order chi connectivity index (χ0) is 22.7. The number of anilines is 2. The highest BCUT2D eigenvalue weighted by Gasteiger charge is 2.35. The summed E-state index contributed by atoms with van der Waals surface area (Å²) < 4.78 is 38.6. The predicted molar refractivity (Wildman–Crippen MR) is 119 cm³/mol. The zero-order valence-electron chi connectivity index (χ0n) is 16.8. The molecule has 2 amide bonds. The number of hydrogen-bond acceptors (Lipinski definition) is 3. The number of nitrogens with zero attached hydrogens (tertiary/aromatic N) is 1. The van der Waals surface area contributed by atoms with Gasteiger partial charge in [0.15, 0.2) is 0 Å². The van der Waals surface area contributed by atoms with Gasteiger partial charge in [-0.15, -0.1) is 11.8 Å². The van der Waals surface area contributed by atoms with Gasteiger partial charge < -0.3 is 5.32 Å². The van der Waals surface area contributed by atoms with Crippen LogP contribution in [0.5, 0.6) is 0 Å². The fourth-order valence-electron chi connectivity index (χ4n) is 3.48. The Morgan fingerprint density at radius 2 is 1.62 bits per heavy atom. The average Bonchev–Trinajstić information content (AvgIpc) is 3.16. The second kappa shape index (κ2) is 9.08. The van der Waals surface area contributed by atoms with E-state index in [1.807, 2.05) is 42.5 Å². The van der Waals surface area contributed by atoms with Gasteiger partial charge in [-0.2, -0.15) is 13.2 Å². The Labute approximate surface area is 187 Å². The molecular formula is C24H19F3N2O2S. The lowest BCUT2D eigenvalue weighted by Crippen LogP contribution is -2.27. The van der Waals surface area contributed by atoms with Crippen LogP contribution in [0.4, 0.5) is 24.5 Å². The lowest BCUT2D eigenvalue weighted by atomic mass is 10.1. The van der Waals surface area contributed by atoms with E-state index in [4.69, 9.17) is 0 Å². The first kappa shape index (κ1) is 22.0. The van der Waals surface area contributed by atoms with Crippen molar-refractivity contribution in [3.8, 4) is 0 Å². The van der Waals surface area contributed by atoms with E-state index < -0.39 is 11.7 Å². The first-order valence-corrected chi connectivity index (χ1v) is 10.9. The molecule has 0 aliphatic carbocycles. The summed E-state index contributed by atoms with van der Waals surface area (Å²) in [5, 5.41) is 2.49. The van der Waals surface area contributed by atoms with Gasteiger partial charge in [-0.1, -0.05) is 42.5 Å². The van der Waals surface area contributed by atoms with Crippen molar-refractivity contribution in [1.29, 1.82) is 0 Å². The molecule has 3 aromatic carbocycles. The molecule has 4 nitrogen and oxygen atoms in total. The third kappa shape index (κ3) is 4.96. The molecule has 0 radical (unpaired) electrons. The van der Waals surface area contributed by atoms with E-state index in [1.165, 1.54) is 28.8 Å². The van der Waals surface area contributed by atoms with Crippen LogP contribution >= 0.6 is 11.8 Å². The van der Waals surface area contributed by atoms with Crippen molar-refractivity contribution in [2.45, 2.75) is 18.0 Å². The molecule has 1 heterocycles. The molecule has 1 saturated heterocycles. The van der Waals surface area contributed by atoms with Crippen LogP contribution in [-0.2, 0) is 22.2 Å². The molecule has 0 saturated carbocycles. The minimum Gasteiger partial charge on any atom is -0.326 e. The number of nitrogens with one attached hydrogen (secondary N) is 1. The van der Waals surface area contributed by atoms with Crippen LogP contribution in [0.3, 0.4) is 0 Å². The fraction of sp³-hybridized carbons (Fsp3) is 0.167. The third-order valence-electron chi connectivity index (χ3n) is 5.03. The van der Waals surface area contributed by atoms with Gasteiger partial charge in [0, 0.05) is 11.4 Å². The number of hydrogen-bond donors (Lipinski definition) is 1. The average molecular weight is 456 g/mol. The molecule has 0 aromatic heterocycles. The maximum absolute atomic E-state index is 12.9. The summed E-state index contributed by atoms with van der Waals surface area (Å²) in [6.45, 7) is 0. The number of benzene rings is 3. The molecule has 164 valence electrons. The van der Waals surface area contributed by atoms with Gasteiger partial charge in [0.25, 0.3) is 0 Å². The van der Waals surface area contributed by atoms with Gasteiger partial charge in [0.05, 0.1) is 17.7 Å². The number of rotatable bonds is 5. The van der Waals surface area contributed by atoms with Gasteiger partial charge in [0.2, 0.25) is 11.8 Å². The van der Waals surface area contributed by atoms with Crippen molar-refractivity contribution in [2.24, 2.45) is 0 Å². The number of carbonyl (C=O) groups excluding carboxylic acids is 2. The summed E-state index contributed by atoms with van der Waals surface area (Å²) in [6, 6.07) is 21.1. The van der Waals surface area contributed by atoms with E-state index in [-0.39, 0.29) is 29.4 Å². The van der Waals surface area contributed by atoms with Gasteiger partial charge in [-0.25, -0.2) is 0 Å². The van der Waals surface area contributed by atoms with E-state index in [9.17, 15) is 22.8 Å². The highest BCUT2D eigenvalue weighted by atomic mass is 32.2. The van der Waals surface area contributed by atoms with E-state index in [0.29, 0.717) is 11.4 Å². The summed E-state index contributed by atoms with van der Waals surface area (Å²) in [7, 11) is 0. The summed E-state index contributed by atoms with van der Waals surface area (Å²) in [5.74, 6) is -0.0675. The fourth-order valence-corrected chi connectivity index (χ4v) is 4.66. The molecule has 32 heavy (non-hydrogen) atoms. The summed E-state index contributed by atoms with van der Waals surface area (Å²) in [4.78, 5) is 26.2. The molecule has 0 bridgehead atoms. The van der Waals surface area contributed by atoms with Crippen LogP contribution in [0.2, 0.25) is 0 Å². The summed E-state index contributed by atoms with van der Waals surface area (Å²) in [6.07, 6.45) is -4.17. The minimum absolute atomic E-state index is 0.138. The minimum atomic E-state index is -4.43. The van der Waals surface area contributed by atoms with Crippen molar-refractivity contribution < 1.29 is 22.8 Å². The van der Waals surface area contributed by atoms with Crippen LogP contribution in [0.15, 0.2) is 78.9 Å². The quantitative estimate of drug-likeness (QED) is 0.539. The molecule has 4 rings (SSSR count). The number of halogens is 3. The maximum Gasteiger partial charge on any atom is 0.416 e. The number of thioether (sulfide) groups is 1. The van der Waals surface area contributed by atoms with E-state index in [2.05, 4.69) is 5.32 Å². The Morgan fingerprint density at radius 3 is 2.25 bits per heavy atom. The molecular weight excluding hydrogens is 437 g/mol. The largest absolute Gasteiger partial charge is 0.416 e. The van der Waals surface area contributed by atoms with E-state index >= 15 is 0 Å². The number of carbonyl (C=O) groups is 2. The van der Waals surface area contributed by atoms with Gasteiger partial charge >= 0.3 is 6.18 Å². The van der Waals surface area contributed by atoms with Crippen LogP contribution in [0.25, 0.3) is 0 Å². The molecule has 3 aromatic rings. The van der Waals surface area contributed by atoms with Crippen molar-refractivity contribution in [3.63, 3.8) is 0 Å². The summed E-state index contributed by atoms with van der Waals surface area (Å²) >= 11 is 1.40. The van der Waals surface area contributed by atoms with Gasteiger partial charge in [-0.3, -0.25) is 14.5 Å². The topological polar surface area (TPSA) is 49.4 Å². The van der Waals surface area contributed by atoms with E-state index in [0.717, 1.165) is 23.3 Å². The van der Waals surface area contributed by atoms with Crippen molar-refractivity contribution in [1.82, 2.24) is 0 Å². The molecule has 1 N–H and O–H groups in total. The molecule has 1 atom stereocenters. The smallest absolute Gasteiger partial charge is 0.326 e. The summed E-state index contributed by atoms with van der Waals surface area (Å²) in [5.41, 5.74) is 2.02. The Kier molecular flexibility index (Phi) is 6.23. The molecule has 1 aliphatic heterocycles. The monoisotopic (exact) mass is 456 g/mol. The third-order valence-corrected chi connectivity index (χ3v) is 6.24. The second-order valence-electron chi connectivity index (χ2n) is 7.30. The predicted octanol–water partition coefficient (Wildman–Crippen LogP) is 5.67. The zero-order valence-corrected chi connectivity index (χ0v) is 17.6. The standard InChI is InChI=1S/C24H19F3N2O2S/c25-24(26,27)18-8-12-20(13-9-18)29-22(31)15-32-23(29)17-6-10-19(11-7-17)28-21(30)14-16-4-2-1-3-5-16/h1-13,23H,14-15H2,(H,28,30). The Hall–Kier alpha value is -3.26. The molecule has 1 aliphatic rings. The first-order valence-electron chi connectivity index (χ1n) is 9.86. The Morgan fingerprint density at radius 1 is 0.969 bits per heavy atom. The van der Waals surface area contributed by atoms with Crippen molar-refractivity contribution >= 4 is 35.0 Å². The number of alkyl halides is 3. The normalized spacial score (nSPS) is 16.3. The van der Waals surface area contributed by atoms with E-state index in [1.54, 1.807) is 12.1 Å². The highest BCUT2D eigenvalue weighted by Crippen LogP contribution is 2.42. The molecule has 8 heteroatoms. The van der Waals surface area contributed by atoms with Gasteiger partial charge in [-0.05, 0) is 47.5 Å².